The topological polar surface area (TPSA) is 53.4 Å². The zero-order valence-electron chi connectivity index (χ0n) is 9.87. The summed E-state index contributed by atoms with van der Waals surface area (Å²) >= 11 is 0. The molecule has 1 aromatic carbocycles. The Morgan fingerprint density at radius 1 is 1.24 bits per heavy atom. The maximum atomic E-state index is 10.0. The number of hydrogen-bond donors (Lipinski definition) is 2. The second-order valence-corrected chi connectivity index (χ2v) is 4.26. The van der Waals surface area contributed by atoms with Crippen LogP contribution >= 0.6 is 0 Å². The van der Waals surface area contributed by atoms with Gasteiger partial charge in [-0.15, -0.1) is 0 Å². The van der Waals surface area contributed by atoms with E-state index in [9.17, 15) is 10.2 Å². The van der Waals surface area contributed by atoms with Gasteiger partial charge in [-0.1, -0.05) is 31.5 Å². The van der Waals surface area contributed by atoms with Crippen molar-refractivity contribution < 1.29 is 10.2 Å². The highest BCUT2D eigenvalue weighted by Gasteiger charge is 2.17. The SMILES string of the molecule is CCCC(O)C(O)c1ccc2cccnc2c1. The average molecular weight is 231 g/mol. The Bertz CT molecular complexity index is 498. The summed E-state index contributed by atoms with van der Waals surface area (Å²) in [6.07, 6.45) is 1.63. The molecule has 3 nitrogen and oxygen atoms in total. The van der Waals surface area contributed by atoms with Crippen molar-refractivity contribution in [1.29, 1.82) is 0 Å². The fourth-order valence-electron chi connectivity index (χ4n) is 1.94. The maximum absolute atomic E-state index is 10.0. The molecule has 2 aromatic rings. The van der Waals surface area contributed by atoms with Crippen LogP contribution in [0.2, 0.25) is 0 Å². The molecule has 2 unspecified atom stereocenters. The lowest BCUT2D eigenvalue weighted by molar-refractivity contribution is 0.0132. The lowest BCUT2D eigenvalue weighted by atomic mass is 10.00. The van der Waals surface area contributed by atoms with E-state index in [2.05, 4.69) is 4.98 Å². The van der Waals surface area contributed by atoms with Gasteiger partial charge in [0.15, 0.2) is 0 Å². The van der Waals surface area contributed by atoms with Crippen LogP contribution in [0.4, 0.5) is 0 Å². The molecule has 0 aliphatic carbocycles. The van der Waals surface area contributed by atoms with Crippen LogP contribution in [0.1, 0.15) is 31.4 Å². The van der Waals surface area contributed by atoms with Gasteiger partial charge < -0.3 is 10.2 Å². The number of nitrogens with zero attached hydrogens (tertiary/aromatic N) is 1. The van der Waals surface area contributed by atoms with E-state index in [0.717, 1.165) is 22.9 Å². The highest BCUT2D eigenvalue weighted by atomic mass is 16.3. The van der Waals surface area contributed by atoms with Crippen molar-refractivity contribution in [1.82, 2.24) is 4.98 Å². The molecule has 2 atom stereocenters. The van der Waals surface area contributed by atoms with Gasteiger partial charge in [0.1, 0.15) is 6.10 Å². The molecular weight excluding hydrogens is 214 g/mol. The van der Waals surface area contributed by atoms with Gasteiger partial charge in [-0.25, -0.2) is 0 Å². The van der Waals surface area contributed by atoms with Crippen LogP contribution in [-0.4, -0.2) is 21.3 Å². The molecule has 1 heterocycles. The second-order valence-electron chi connectivity index (χ2n) is 4.26. The van der Waals surface area contributed by atoms with Gasteiger partial charge >= 0.3 is 0 Å². The highest BCUT2D eigenvalue weighted by Crippen LogP contribution is 2.23. The van der Waals surface area contributed by atoms with Gasteiger partial charge in [0, 0.05) is 11.6 Å². The minimum absolute atomic E-state index is 0.599. The summed E-state index contributed by atoms with van der Waals surface area (Å²) in [5.41, 5.74) is 1.56. The third-order valence-electron chi connectivity index (χ3n) is 2.92. The predicted octanol–water partition coefficient (Wildman–Crippen LogP) is 2.43. The monoisotopic (exact) mass is 231 g/mol. The lowest BCUT2D eigenvalue weighted by Crippen LogP contribution is -2.17. The number of hydrogen-bond acceptors (Lipinski definition) is 3. The fraction of sp³-hybridized carbons (Fsp3) is 0.357. The Hall–Kier alpha value is -1.45. The largest absolute Gasteiger partial charge is 0.390 e. The Morgan fingerprint density at radius 2 is 2.06 bits per heavy atom. The first-order chi connectivity index (χ1) is 8.22. The Kier molecular flexibility index (Phi) is 3.71. The summed E-state index contributed by atoms with van der Waals surface area (Å²) in [6, 6.07) is 9.44. The fourth-order valence-corrected chi connectivity index (χ4v) is 1.94. The zero-order valence-corrected chi connectivity index (χ0v) is 9.87. The quantitative estimate of drug-likeness (QED) is 0.849. The number of aromatic nitrogens is 1. The molecule has 0 amide bonds. The van der Waals surface area contributed by atoms with E-state index < -0.39 is 12.2 Å². The van der Waals surface area contributed by atoms with Crippen molar-refractivity contribution >= 4 is 10.9 Å². The Morgan fingerprint density at radius 3 is 2.82 bits per heavy atom. The van der Waals surface area contributed by atoms with Crippen molar-refractivity contribution in [3.05, 3.63) is 42.1 Å². The van der Waals surface area contributed by atoms with E-state index in [4.69, 9.17) is 0 Å². The summed E-state index contributed by atoms with van der Waals surface area (Å²) in [5, 5.41) is 20.8. The van der Waals surface area contributed by atoms with E-state index in [-0.39, 0.29) is 0 Å². The molecule has 2 rings (SSSR count). The van der Waals surface area contributed by atoms with Crippen molar-refractivity contribution in [3.63, 3.8) is 0 Å². The van der Waals surface area contributed by atoms with Gasteiger partial charge in [0.05, 0.1) is 11.6 Å². The van der Waals surface area contributed by atoms with Crippen LogP contribution in [0, 0.1) is 0 Å². The van der Waals surface area contributed by atoms with Gasteiger partial charge in [0.25, 0.3) is 0 Å². The van der Waals surface area contributed by atoms with Gasteiger partial charge in [-0.05, 0) is 24.1 Å². The molecule has 3 heteroatoms. The molecule has 2 N–H and O–H groups in total. The van der Waals surface area contributed by atoms with Crippen molar-refractivity contribution in [2.24, 2.45) is 0 Å². The third kappa shape index (κ3) is 2.62. The Balaban J connectivity index is 2.29. The molecule has 0 saturated carbocycles. The first-order valence-electron chi connectivity index (χ1n) is 5.93. The lowest BCUT2D eigenvalue weighted by Gasteiger charge is -2.17. The number of aliphatic hydroxyl groups excluding tert-OH is 2. The molecule has 0 radical (unpaired) electrons. The maximum Gasteiger partial charge on any atom is 0.105 e. The summed E-state index contributed by atoms with van der Waals surface area (Å²) in [6.45, 7) is 1.98. The predicted molar refractivity (Wildman–Crippen MR) is 67.6 cm³/mol. The minimum Gasteiger partial charge on any atom is -0.390 e. The molecule has 0 saturated heterocycles. The van der Waals surface area contributed by atoms with E-state index in [1.807, 2.05) is 37.3 Å². The molecule has 0 aliphatic rings. The van der Waals surface area contributed by atoms with Crippen LogP contribution in [-0.2, 0) is 0 Å². The van der Waals surface area contributed by atoms with E-state index in [0.29, 0.717) is 6.42 Å². The molecule has 0 spiro atoms. The van der Waals surface area contributed by atoms with Gasteiger partial charge in [-0.3, -0.25) is 4.98 Å². The number of fused-ring (bicyclic) bond motifs is 1. The second kappa shape index (κ2) is 5.25. The molecular formula is C14H17NO2. The van der Waals surface area contributed by atoms with Gasteiger partial charge in [0.2, 0.25) is 0 Å². The van der Waals surface area contributed by atoms with Crippen LogP contribution in [0.3, 0.4) is 0 Å². The first-order valence-corrected chi connectivity index (χ1v) is 5.93. The molecule has 17 heavy (non-hydrogen) atoms. The van der Waals surface area contributed by atoms with Crippen molar-refractivity contribution in [2.45, 2.75) is 32.0 Å². The first kappa shape index (κ1) is 12.0. The molecule has 0 bridgehead atoms. The molecule has 0 aliphatic heterocycles. The third-order valence-corrected chi connectivity index (χ3v) is 2.92. The molecule has 0 fully saturated rings. The van der Waals surface area contributed by atoms with E-state index in [1.165, 1.54) is 0 Å². The minimum atomic E-state index is -0.832. The zero-order chi connectivity index (χ0) is 12.3. The van der Waals surface area contributed by atoms with Crippen LogP contribution in [0.25, 0.3) is 10.9 Å². The Labute approximate surface area is 101 Å². The van der Waals surface area contributed by atoms with Crippen molar-refractivity contribution in [3.8, 4) is 0 Å². The normalized spacial score (nSPS) is 14.8. The smallest absolute Gasteiger partial charge is 0.105 e. The summed E-state index contributed by atoms with van der Waals surface area (Å²) < 4.78 is 0. The molecule has 90 valence electrons. The van der Waals surface area contributed by atoms with Gasteiger partial charge in [-0.2, -0.15) is 0 Å². The number of pyridine rings is 1. The average Bonchev–Trinajstić information content (AvgIpc) is 2.37. The number of aliphatic hydroxyl groups is 2. The highest BCUT2D eigenvalue weighted by molar-refractivity contribution is 5.78. The summed E-state index contributed by atoms with van der Waals surface area (Å²) in [7, 11) is 0. The molecule has 1 aromatic heterocycles. The van der Waals surface area contributed by atoms with Crippen molar-refractivity contribution in [2.75, 3.05) is 0 Å². The van der Waals surface area contributed by atoms with E-state index in [1.54, 1.807) is 6.20 Å². The van der Waals surface area contributed by atoms with Crippen LogP contribution in [0.15, 0.2) is 36.5 Å². The number of rotatable bonds is 4. The summed E-state index contributed by atoms with van der Waals surface area (Å²) in [4.78, 5) is 4.24. The standard InChI is InChI=1S/C14H17NO2/c1-2-4-13(16)14(17)11-7-6-10-5-3-8-15-12(10)9-11/h3,5-9,13-14,16-17H,2,4H2,1H3. The number of benzene rings is 1. The van der Waals surface area contributed by atoms with E-state index >= 15 is 0 Å². The summed E-state index contributed by atoms with van der Waals surface area (Å²) in [5.74, 6) is 0. The van der Waals surface area contributed by atoms with Crippen LogP contribution in [0.5, 0.6) is 0 Å². The van der Waals surface area contributed by atoms with Crippen LogP contribution < -0.4 is 0 Å².